The van der Waals surface area contributed by atoms with Crippen molar-refractivity contribution in [1.82, 2.24) is 0 Å². The van der Waals surface area contributed by atoms with Crippen LogP contribution in [0.2, 0.25) is 0 Å². The van der Waals surface area contributed by atoms with Crippen LogP contribution >= 0.6 is 15.9 Å². The maximum Gasteiger partial charge on any atom is 1.00 e. The number of amides is 1. The summed E-state index contributed by atoms with van der Waals surface area (Å²) in [6.45, 7) is 1.49. The molecular formula is C9H9BrNNaO4S. The number of benzene rings is 1. The topological polar surface area (TPSA) is 86.3 Å². The molecule has 0 unspecified atom stereocenters. The molecule has 0 spiro atoms. The summed E-state index contributed by atoms with van der Waals surface area (Å²) in [7, 11) is -4.46. The fourth-order valence-electron chi connectivity index (χ4n) is 1.20. The summed E-state index contributed by atoms with van der Waals surface area (Å²) in [5.41, 5.74) is 0.761. The van der Waals surface area contributed by atoms with E-state index in [4.69, 9.17) is 0 Å². The second-order valence-corrected chi connectivity index (χ2v) is 5.03. The van der Waals surface area contributed by atoms with Crippen molar-refractivity contribution in [2.75, 3.05) is 10.6 Å². The Bertz CT molecular complexity index is 518. The molecule has 0 aromatic heterocycles. The summed E-state index contributed by atoms with van der Waals surface area (Å²) in [6, 6.07) is 3.99. The summed E-state index contributed by atoms with van der Waals surface area (Å²) in [5, 5.41) is 2.67. The molecule has 0 atom stereocenters. The number of hydrogen-bond donors (Lipinski definition) is 1. The molecule has 0 fully saturated rings. The smallest absolute Gasteiger partial charge is 0.744 e. The van der Waals surface area contributed by atoms with Crippen molar-refractivity contribution in [3.05, 3.63) is 23.8 Å². The fraction of sp³-hybridized carbons (Fsp3) is 0.222. The molecule has 8 heteroatoms. The molecule has 0 bridgehead atoms. The Morgan fingerprint density at radius 3 is 2.47 bits per heavy atom. The van der Waals surface area contributed by atoms with Crippen molar-refractivity contribution in [3.8, 4) is 0 Å². The normalized spacial score (nSPS) is 10.5. The van der Waals surface area contributed by atoms with Gasteiger partial charge in [-0.15, -0.1) is 0 Å². The number of alkyl halides is 1. The van der Waals surface area contributed by atoms with Gasteiger partial charge in [0.25, 0.3) is 0 Å². The molecule has 0 aliphatic carbocycles. The van der Waals surface area contributed by atoms with Gasteiger partial charge in [-0.25, -0.2) is 8.42 Å². The van der Waals surface area contributed by atoms with Gasteiger partial charge in [-0.2, -0.15) is 0 Å². The molecule has 0 radical (unpaired) electrons. The van der Waals surface area contributed by atoms with Crippen LogP contribution in [-0.2, 0) is 14.9 Å². The average Bonchev–Trinajstić information content (AvgIpc) is 2.15. The molecule has 88 valence electrons. The maximum atomic E-state index is 11.0. The van der Waals surface area contributed by atoms with Gasteiger partial charge in [-0.3, -0.25) is 4.79 Å². The van der Waals surface area contributed by atoms with E-state index in [1.54, 1.807) is 0 Å². The minimum absolute atomic E-state index is 0. The van der Waals surface area contributed by atoms with Gasteiger partial charge in [0.2, 0.25) is 5.91 Å². The summed E-state index contributed by atoms with van der Waals surface area (Å²) in [6.07, 6.45) is 0. The zero-order valence-corrected chi connectivity index (χ0v) is 13.8. The quantitative estimate of drug-likeness (QED) is 0.404. The molecule has 0 saturated carbocycles. The predicted molar refractivity (Wildman–Crippen MR) is 61.6 cm³/mol. The van der Waals surface area contributed by atoms with Crippen LogP contribution in [0.5, 0.6) is 0 Å². The van der Waals surface area contributed by atoms with Gasteiger partial charge < -0.3 is 9.87 Å². The molecular weight excluding hydrogens is 321 g/mol. The van der Waals surface area contributed by atoms with Crippen molar-refractivity contribution in [2.24, 2.45) is 0 Å². The van der Waals surface area contributed by atoms with Crippen molar-refractivity contribution < 1.29 is 47.3 Å². The Kier molecular flexibility index (Phi) is 6.90. The second kappa shape index (κ2) is 6.86. The van der Waals surface area contributed by atoms with E-state index >= 15 is 0 Å². The third-order valence-electron chi connectivity index (χ3n) is 1.85. The Labute approximate surface area is 130 Å². The zero-order valence-electron chi connectivity index (χ0n) is 9.36. The third-order valence-corrected chi connectivity index (χ3v) is 3.36. The van der Waals surface area contributed by atoms with Crippen LogP contribution in [0.3, 0.4) is 0 Å². The van der Waals surface area contributed by atoms with Gasteiger partial charge in [-0.05, 0) is 30.7 Å². The van der Waals surface area contributed by atoms with E-state index in [9.17, 15) is 17.8 Å². The van der Waals surface area contributed by atoms with Crippen LogP contribution in [0, 0.1) is 6.92 Å². The molecule has 0 aliphatic rings. The molecule has 1 rings (SSSR count). The summed E-state index contributed by atoms with van der Waals surface area (Å²) >= 11 is 2.98. The van der Waals surface area contributed by atoms with Crippen molar-refractivity contribution in [3.63, 3.8) is 0 Å². The Morgan fingerprint density at radius 2 is 2.06 bits per heavy atom. The van der Waals surface area contributed by atoms with Gasteiger partial charge in [-0.1, -0.05) is 15.9 Å². The molecule has 0 heterocycles. The number of halogens is 1. The largest absolute Gasteiger partial charge is 1.00 e. The van der Waals surface area contributed by atoms with Crippen LogP contribution in [0.15, 0.2) is 23.1 Å². The zero-order chi connectivity index (χ0) is 12.3. The first kappa shape index (κ1) is 17.1. The molecule has 1 N–H and O–H groups in total. The average molecular weight is 330 g/mol. The van der Waals surface area contributed by atoms with E-state index in [1.807, 2.05) is 0 Å². The van der Waals surface area contributed by atoms with Crippen LogP contribution in [0.25, 0.3) is 0 Å². The minimum atomic E-state index is -4.46. The monoisotopic (exact) mass is 329 g/mol. The molecule has 0 aliphatic heterocycles. The fourth-order valence-corrected chi connectivity index (χ4v) is 2.03. The summed E-state index contributed by atoms with van der Waals surface area (Å²) in [4.78, 5) is 10.8. The number of nitrogens with one attached hydrogen (secondary N) is 1. The van der Waals surface area contributed by atoms with Crippen LogP contribution in [0.1, 0.15) is 5.56 Å². The first-order valence-corrected chi connectivity index (χ1v) is 6.80. The second-order valence-electron chi connectivity index (χ2n) is 3.12. The SMILES string of the molecule is Cc1cc(NC(=O)CBr)ccc1S(=O)(=O)[O-].[Na+]. The van der Waals surface area contributed by atoms with Gasteiger partial charge in [0, 0.05) is 5.69 Å². The first-order chi connectivity index (χ1) is 7.34. The number of carbonyl (C=O) groups excluding carboxylic acids is 1. The van der Waals surface area contributed by atoms with Gasteiger partial charge >= 0.3 is 29.6 Å². The standard InChI is InChI=1S/C9H10BrNO4S.Na/c1-6-4-7(11-9(12)5-10)2-3-8(6)16(13,14)15;/h2-4H,5H2,1H3,(H,11,12)(H,13,14,15);/q;+1/p-1. The van der Waals surface area contributed by atoms with Gasteiger partial charge in [0.15, 0.2) is 0 Å². The first-order valence-electron chi connectivity index (χ1n) is 4.27. The van der Waals surface area contributed by atoms with Crippen LogP contribution < -0.4 is 34.9 Å². The van der Waals surface area contributed by atoms with E-state index in [0.29, 0.717) is 11.3 Å². The number of rotatable bonds is 3. The Balaban J connectivity index is 0.00000256. The van der Waals surface area contributed by atoms with Gasteiger partial charge in [0.1, 0.15) is 10.1 Å². The maximum absolute atomic E-state index is 11.0. The third kappa shape index (κ3) is 5.07. The summed E-state index contributed by atoms with van der Waals surface area (Å²) < 4.78 is 32.4. The minimum Gasteiger partial charge on any atom is -0.744 e. The van der Waals surface area contributed by atoms with E-state index in [-0.39, 0.29) is 45.7 Å². The van der Waals surface area contributed by atoms with Crippen molar-refractivity contribution >= 4 is 37.6 Å². The van der Waals surface area contributed by atoms with Crippen molar-refractivity contribution in [2.45, 2.75) is 11.8 Å². The molecule has 17 heavy (non-hydrogen) atoms. The number of anilines is 1. The van der Waals surface area contributed by atoms with Crippen molar-refractivity contribution in [1.29, 1.82) is 0 Å². The van der Waals surface area contributed by atoms with E-state index in [1.165, 1.54) is 25.1 Å². The van der Waals surface area contributed by atoms with E-state index < -0.39 is 10.1 Å². The molecule has 0 saturated heterocycles. The van der Waals surface area contributed by atoms with E-state index in [2.05, 4.69) is 21.2 Å². The Hall–Kier alpha value is 0.0800. The number of carbonyl (C=O) groups is 1. The molecule has 1 aromatic carbocycles. The number of hydrogen-bond acceptors (Lipinski definition) is 4. The molecule has 1 amide bonds. The predicted octanol–water partition coefficient (Wildman–Crippen LogP) is -1.76. The molecule has 1 aromatic rings. The number of aryl methyl sites for hydroxylation is 1. The molecule has 5 nitrogen and oxygen atoms in total. The summed E-state index contributed by atoms with van der Waals surface area (Å²) in [5.74, 6) is -0.253. The Morgan fingerprint density at radius 1 is 1.47 bits per heavy atom. The van der Waals surface area contributed by atoms with Crippen LogP contribution in [-0.4, -0.2) is 24.2 Å². The van der Waals surface area contributed by atoms with Gasteiger partial charge in [0.05, 0.1) is 10.2 Å². The van der Waals surface area contributed by atoms with Crippen LogP contribution in [0.4, 0.5) is 5.69 Å². The van der Waals surface area contributed by atoms with E-state index in [0.717, 1.165) is 0 Å².